The van der Waals surface area contributed by atoms with Crippen LogP contribution in [0.4, 0.5) is 4.39 Å². The molecule has 0 spiro atoms. The number of pyridine rings is 1. The first kappa shape index (κ1) is 20.3. The number of likely N-dealkylation sites (tertiary alicyclic amines) is 1. The van der Waals surface area contributed by atoms with Gasteiger partial charge in [-0.15, -0.1) is 0 Å². The van der Waals surface area contributed by atoms with Crippen LogP contribution >= 0.6 is 0 Å². The Morgan fingerprint density at radius 1 is 1.17 bits per heavy atom. The van der Waals surface area contributed by atoms with Gasteiger partial charge < -0.3 is 19.5 Å². The molecule has 2 amide bonds. The zero-order valence-electron chi connectivity index (χ0n) is 17.1. The number of hydrogen-bond acceptors (Lipinski definition) is 4. The highest BCUT2D eigenvalue weighted by molar-refractivity contribution is 5.88. The molecular weight excluding hydrogens is 389 g/mol. The maximum Gasteiger partial charge on any atom is 0.258 e. The molecule has 8 heteroatoms. The van der Waals surface area contributed by atoms with E-state index >= 15 is 0 Å². The molecule has 30 heavy (non-hydrogen) atoms. The first-order valence-corrected chi connectivity index (χ1v) is 9.86. The Labute approximate surface area is 173 Å². The van der Waals surface area contributed by atoms with Crippen LogP contribution in [0.3, 0.4) is 0 Å². The van der Waals surface area contributed by atoms with E-state index in [4.69, 9.17) is 0 Å². The van der Waals surface area contributed by atoms with Crippen molar-refractivity contribution in [3.05, 3.63) is 58.3 Å². The Balaban J connectivity index is 1.81. The lowest BCUT2D eigenvalue weighted by Gasteiger charge is -2.31. The van der Waals surface area contributed by atoms with Gasteiger partial charge in [0.15, 0.2) is 0 Å². The molecule has 0 bridgehead atoms. The minimum atomic E-state index is -0.766. The standard InChI is InChI=1S/C22H24FN3O4/c1-12(28)26-19-16(17(11-27)20(26)22(30)24(2)3)10-25-18(19)9-8-15(21(25)29)13-4-6-14(23)7-5-13/h4-9,16-17,19-20,27H,10-11H2,1-3H3/t16-,17-,19+,20-/m0/s1. The number of benzene rings is 1. The third kappa shape index (κ3) is 2.94. The van der Waals surface area contributed by atoms with Crippen molar-refractivity contribution in [1.29, 1.82) is 0 Å². The second kappa shape index (κ2) is 7.36. The van der Waals surface area contributed by atoms with Crippen molar-refractivity contribution in [1.82, 2.24) is 14.4 Å². The maximum absolute atomic E-state index is 13.3. The van der Waals surface area contributed by atoms with E-state index in [1.807, 2.05) is 0 Å². The quantitative estimate of drug-likeness (QED) is 0.821. The van der Waals surface area contributed by atoms with Crippen molar-refractivity contribution in [2.45, 2.75) is 25.6 Å². The molecular formula is C22H24FN3O4. The molecule has 0 aliphatic carbocycles. The molecule has 4 atom stereocenters. The maximum atomic E-state index is 13.3. The Kier molecular flexibility index (Phi) is 4.97. The fourth-order valence-corrected chi connectivity index (χ4v) is 4.94. The fourth-order valence-electron chi connectivity index (χ4n) is 4.94. The third-order valence-electron chi connectivity index (χ3n) is 6.29. The zero-order valence-corrected chi connectivity index (χ0v) is 17.1. The second-order valence-corrected chi connectivity index (χ2v) is 8.15. The summed E-state index contributed by atoms with van der Waals surface area (Å²) in [4.78, 5) is 41.5. The number of halogens is 1. The SMILES string of the molecule is CC(=O)N1[C@H](C(=O)N(C)C)[C@@H](CO)[C@@H]2Cn3c(ccc(-c4ccc(F)cc4)c3=O)[C@@H]21. The number of fused-ring (bicyclic) bond motifs is 3. The van der Waals surface area contributed by atoms with Crippen molar-refractivity contribution in [3.8, 4) is 11.1 Å². The molecule has 2 aliphatic rings. The minimum absolute atomic E-state index is 0.232. The van der Waals surface area contributed by atoms with E-state index in [9.17, 15) is 23.9 Å². The van der Waals surface area contributed by atoms with E-state index < -0.39 is 18.0 Å². The Bertz CT molecular complexity index is 1060. The average Bonchev–Trinajstić information content (AvgIpc) is 3.23. The van der Waals surface area contributed by atoms with E-state index in [-0.39, 0.29) is 35.7 Å². The lowest BCUT2D eigenvalue weighted by Crippen LogP contribution is -2.49. The first-order valence-electron chi connectivity index (χ1n) is 9.86. The van der Waals surface area contributed by atoms with Crippen LogP contribution in [-0.4, -0.2) is 58.0 Å². The molecule has 1 aromatic carbocycles. The molecule has 3 heterocycles. The van der Waals surface area contributed by atoms with Crippen LogP contribution in [0, 0.1) is 17.7 Å². The van der Waals surface area contributed by atoms with Crippen LogP contribution in [0.5, 0.6) is 0 Å². The van der Waals surface area contributed by atoms with E-state index in [2.05, 4.69) is 0 Å². The molecule has 7 nitrogen and oxygen atoms in total. The van der Waals surface area contributed by atoms with Crippen LogP contribution in [0.2, 0.25) is 0 Å². The van der Waals surface area contributed by atoms with Gasteiger partial charge in [0, 0.05) is 57.3 Å². The number of carbonyl (C=O) groups is 2. The van der Waals surface area contributed by atoms with Crippen molar-refractivity contribution >= 4 is 11.8 Å². The summed E-state index contributed by atoms with van der Waals surface area (Å²) in [6.07, 6.45) is 0. The summed E-state index contributed by atoms with van der Waals surface area (Å²) < 4.78 is 14.9. The number of nitrogens with zero attached hydrogens (tertiary/aromatic N) is 3. The van der Waals surface area contributed by atoms with Gasteiger partial charge in [0.05, 0.1) is 6.04 Å². The summed E-state index contributed by atoms with van der Waals surface area (Å²) in [5.41, 5.74) is 1.47. The molecule has 4 rings (SSSR count). The number of carbonyl (C=O) groups excluding carboxylic acids is 2. The van der Waals surface area contributed by atoms with Crippen molar-refractivity contribution < 1.29 is 19.1 Å². The van der Waals surface area contributed by atoms with Crippen LogP contribution in [0.15, 0.2) is 41.2 Å². The van der Waals surface area contributed by atoms with E-state index in [0.29, 0.717) is 23.4 Å². The van der Waals surface area contributed by atoms with E-state index in [1.54, 1.807) is 42.9 Å². The third-order valence-corrected chi connectivity index (χ3v) is 6.29. The van der Waals surface area contributed by atoms with Crippen LogP contribution in [-0.2, 0) is 16.1 Å². The van der Waals surface area contributed by atoms with Crippen LogP contribution in [0.1, 0.15) is 18.7 Å². The number of hydrogen-bond donors (Lipinski definition) is 1. The molecule has 0 unspecified atom stereocenters. The van der Waals surface area contributed by atoms with Gasteiger partial charge in [0.1, 0.15) is 11.9 Å². The Morgan fingerprint density at radius 3 is 2.40 bits per heavy atom. The van der Waals surface area contributed by atoms with Gasteiger partial charge >= 0.3 is 0 Å². The number of likely N-dealkylation sites (N-methyl/N-ethyl adjacent to an activating group) is 1. The number of aliphatic hydroxyl groups excluding tert-OH is 1. The van der Waals surface area contributed by atoms with Gasteiger partial charge in [-0.3, -0.25) is 14.4 Å². The lowest BCUT2D eigenvalue weighted by atomic mass is 9.88. The molecule has 0 radical (unpaired) electrons. The monoisotopic (exact) mass is 413 g/mol. The summed E-state index contributed by atoms with van der Waals surface area (Å²) in [5.74, 6) is -1.61. The van der Waals surface area contributed by atoms with Crippen molar-refractivity contribution in [2.24, 2.45) is 11.8 Å². The number of amides is 2. The largest absolute Gasteiger partial charge is 0.396 e. The molecule has 1 aromatic heterocycles. The highest BCUT2D eigenvalue weighted by Gasteiger charge is 2.56. The van der Waals surface area contributed by atoms with Gasteiger partial charge in [-0.2, -0.15) is 0 Å². The van der Waals surface area contributed by atoms with Gasteiger partial charge in [-0.1, -0.05) is 12.1 Å². The lowest BCUT2D eigenvalue weighted by molar-refractivity contribution is -0.144. The van der Waals surface area contributed by atoms with Gasteiger partial charge in [-0.05, 0) is 29.8 Å². The van der Waals surface area contributed by atoms with Gasteiger partial charge in [-0.25, -0.2) is 4.39 Å². The normalized spacial score (nSPS) is 24.5. The second-order valence-electron chi connectivity index (χ2n) is 8.15. The number of rotatable bonds is 3. The molecule has 1 saturated heterocycles. The predicted molar refractivity (Wildman–Crippen MR) is 108 cm³/mol. The molecule has 158 valence electrons. The van der Waals surface area contributed by atoms with Crippen molar-refractivity contribution in [3.63, 3.8) is 0 Å². The Morgan fingerprint density at radius 2 is 1.83 bits per heavy atom. The van der Waals surface area contributed by atoms with Crippen LogP contribution in [0.25, 0.3) is 11.1 Å². The topological polar surface area (TPSA) is 82.8 Å². The van der Waals surface area contributed by atoms with E-state index in [0.717, 1.165) is 0 Å². The zero-order chi connectivity index (χ0) is 21.7. The molecule has 1 N–H and O–H groups in total. The smallest absolute Gasteiger partial charge is 0.258 e. The minimum Gasteiger partial charge on any atom is -0.396 e. The summed E-state index contributed by atoms with van der Waals surface area (Å²) in [7, 11) is 3.24. The number of aliphatic hydroxyl groups is 1. The summed E-state index contributed by atoms with van der Waals surface area (Å²) in [5, 5.41) is 10.1. The molecule has 0 saturated carbocycles. The Hall–Kier alpha value is -3.00. The summed E-state index contributed by atoms with van der Waals surface area (Å²) >= 11 is 0. The van der Waals surface area contributed by atoms with Gasteiger partial charge in [0.2, 0.25) is 11.8 Å². The summed E-state index contributed by atoms with van der Waals surface area (Å²) in [6, 6.07) is 7.96. The molecule has 2 aromatic rings. The summed E-state index contributed by atoms with van der Waals surface area (Å²) in [6.45, 7) is 1.45. The fraction of sp³-hybridized carbons (Fsp3) is 0.409. The molecule has 2 aliphatic heterocycles. The van der Waals surface area contributed by atoms with Gasteiger partial charge in [0.25, 0.3) is 5.56 Å². The first-order chi connectivity index (χ1) is 14.3. The predicted octanol–water partition coefficient (Wildman–Crippen LogP) is 1.25. The molecule has 1 fully saturated rings. The van der Waals surface area contributed by atoms with E-state index in [1.165, 1.54) is 28.9 Å². The highest BCUT2D eigenvalue weighted by Crippen LogP contribution is 2.49. The number of aromatic nitrogens is 1. The van der Waals surface area contributed by atoms with Crippen LogP contribution < -0.4 is 5.56 Å². The average molecular weight is 413 g/mol. The highest BCUT2D eigenvalue weighted by atomic mass is 19.1. The van der Waals surface area contributed by atoms with Crippen molar-refractivity contribution in [2.75, 3.05) is 20.7 Å².